The minimum Gasteiger partial charge on any atom is -0.317 e. The molecule has 5 heterocycles. The molecule has 5 heteroatoms. The minimum atomic E-state index is 0.440. The van der Waals surface area contributed by atoms with E-state index in [0.717, 1.165) is 106 Å². The van der Waals surface area contributed by atoms with Crippen LogP contribution in [0.2, 0.25) is 0 Å². The van der Waals surface area contributed by atoms with Gasteiger partial charge in [0.1, 0.15) is 0 Å². The zero-order valence-corrected chi connectivity index (χ0v) is 106. The molecule has 5 saturated heterocycles. The Labute approximate surface area is 848 Å². The summed E-state index contributed by atoms with van der Waals surface area (Å²) in [6.45, 7) is 152. The average molecular weight is 1880 g/mol. The van der Waals surface area contributed by atoms with Crippen molar-refractivity contribution in [3.8, 4) is 0 Å². The molecule has 5 aliphatic carbocycles. The van der Waals surface area contributed by atoms with Gasteiger partial charge in [0.25, 0.3) is 0 Å². The van der Waals surface area contributed by atoms with Crippen LogP contribution in [0.25, 0.3) is 0 Å². The first-order chi connectivity index (χ1) is 61.4. The van der Waals surface area contributed by atoms with Gasteiger partial charge in [0.15, 0.2) is 0 Å². The summed E-state index contributed by atoms with van der Waals surface area (Å²) in [6, 6.07) is 0. The molecule has 812 valence electrons. The van der Waals surface area contributed by atoms with Gasteiger partial charge in [-0.15, -0.1) is 0 Å². The normalized spacial score (nSPS) is 20.4. The van der Waals surface area contributed by atoms with E-state index >= 15 is 0 Å². The highest BCUT2D eigenvalue weighted by molar-refractivity contribution is 5.05. The SMILES string of the molecule is CC.CC.CC.CC.CC.CC.CC.CC.CC.CC.CC(C)(C)C1(C(C)(C)C)CCCCCC1.CC(C)C1(C(C)(C)C)CC1.CC(C)C1(C(C)C)CCC1.CC(C)C1(C(C)C)CCCC1.CC(C)C1(C(C)C)CCCCC1.CC(C)C1(C(C)C)CCCN1.CC(C)C1(C(C)C)CCN1.CC(C)C1(C(C)C)CCNC1.CC(C)C1(C(C)C)CCNCC1.CC(C)C1(C(C)C)CNC1. The van der Waals surface area contributed by atoms with Gasteiger partial charge in [0.2, 0.25) is 0 Å². The van der Waals surface area contributed by atoms with E-state index in [1.165, 1.54) is 219 Å². The molecular weight excluding hydrogens is 1600 g/mol. The predicted octanol–water partition coefficient (Wildman–Crippen LogP) is 42.0. The van der Waals surface area contributed by atoms with Crippen LogP contribution in [0, 0.1) is 160 Å². The van der Waals surface area contributed by atoms with Crippen molar-refractivity contribution in [2.24, 2.45) is 160 Å². The third-order valence-corrected chi connectivity index (χ3v) is 36.6. The van der Waals surface area contributed by atoms with Crippen molar-refractivity contribution in [1.29, 1.82) is 0 Å². The first kappa shape index (κ1) is 152. The summed E-state index contributed by atoms with van der Waals surface area (Å²) >= 11 is 0. The third-order valence-electron chi connectivity index (χ3n) is 36.6. The molecule has 0 amide bonds. The van der Waals surface area contributed by atoms with E-state index in [1.807, 2.05) is 138 Å². The average Bonchev–Trinajstić information content (AvgIpc) is 1.52. The highest BCUT2D eigenvalue weighted by atomic mass is 15.1. The van der Waals surface area contributed by atoms with Crippen LogP contribution in [0.5, 0.6) is 0 Å². The lowest BCUT2D eigenvalue weighted by atomic mass is 9.51. The van der Waals surface area contributed by atoms with Crippen molar-refractivity contribution in [3.63, 3.8) is 0 Å². The van der Waals surface area contributed by atoms with E-state index in [2.05, 4.69) is 324 Å². The van der Waals surface area contributed by atoms with Crippen molar-refractivity contribution in [2.45, 2.75) is 614 Å². The van der Waals surface area contributed by atoms with Gasteiger partial charge >= 0.3 is 0 Å². The van der Waals surface area contributed by atoms with Crippen LogP contribution < -0.4 is 26.6 Å². The molecule has 5 aliphatic heterocycles. The van der Waals surface area contributed by atoms with E-state index in [1.54, 1.807) is 0 Å². The van der Waals surface area contributed by atoms with E-state index in [4.69, 9.17) is 0 Å². The Balaban J connectivity index is -0.000000153. The second-order valence-corrected chi connectivity index (χ2v) is 48.6. The first-order valence-electron chi connectivity index (χ1n) is 60.0. The maximum Gasteiger partial charge on any atom is 0.0239 e. The molecule has 0 aromatic heterocycles. The highest BCUT2D eigenvalue weighted by Crippen LogP contribution is 2.63. The van der Waals surface area contributed by atoms with Gasteiger partial charge in [-0.05, 0) is 296 Å². The Bertz CT molecular complexity index is 2090. The lowest BCUT2D eigenvalue weighted by Crippen LogP contribution is -2.63. The van der Waals surface area contributed by atoms with E-state index in [9.17, 15) is 0 Å². The number of rotatable bonds is 17. The molecular formula is C127H279N5. The molecule has 5 N–H and O–H groups in total. The van der Waals surface area contributed by atoms with Crippen LogP contribution in [-0.4, -0.2) is 63.4 Å². The molecule has 0 aromatic rings. The summed E-state index contributed by atoms with van der Waals surface area (Å²) in [6.07, 6.45) is 37.4. The zero-order valence-electron chi connectivity index (χ0n) is 106. The summed E-state index contributed by atoms with van der Waals surface area (Å²) in [4.78, 5) is 0. The number of hydrogen-bond acceptors (Lipinski definition) is 5. The molecule has 0 radical (unpaired) electrons. The number of piperidine rings is 1. The predicted molar refractivity (Wildman–Crippen MR) is 624 cm³/mol. The smallest absolute Gasteiger partial charge is 0.0239 e. The summed E-state index contributed by atoms with van der Waals surface area (Å²) in [5.74, 6) is 14.2. The Morgan fingerprint density at radius 3 is 0.492 bits per heavy atom. The molecule has 5 nitrogen and oxygen atoms in total. The zero-order chi connectivity index (χ0) is 107. The van der Waals surface area contributed by atoms with Crippen molar-refractivity contribution >= 4 is 0 Å². The second kappa shape index (κ2) is 78.3. The van der Waals surface area contributed by atoms with E-state index in [0.29, 0.717) is 65.2 Å². The summed E-state index contributed by atoms with van der Waals surface area (Å²) < 4.78 is 0. The quantitative estimate of drug-likeness (QED) is 0.0940. The highest BCUT2D eigenvalue weighted by Gasteiger charge is 2.54. The third kappa shape index (κ3) is 46.2. The van der Waals surface area contributed by atoms with E-state index in [-0.39, 0.29) is 0 Å². The fourth-order valence-corrected chi connectivity index (χ4v) is 26.1. The summed E-state index contributed by atoms with van der Waals surface area (Å²) in [5.41, 5.74) is 7.46. The van der Waals surface area contributed by atoms with Gasteiger partial charge in [0, 0.05) is 30.7 Å². The minimum absolute atomic E-state index is 0.440. The second-order valence-electron chi connectivity index (χ2n) is 48.6. The monoisotopic (exact) mass is 1880 g/mol. The molecule has 0 unspecified atom stereocenters. The number of nitrogens with one attached hydrogen (secondary N) is 5. The molecule has 0 bridgehead atoms. The maximum absolute atomic E-state index is 3.67. The van der Waals surface area contributed by atoms with Crippen LogP contribution in [0.3, 0.4) is 0 Å². The fourth-order valence-electron chi connectivity index (χ4n) is 26.1. The van der Waals surface area contributed by atoms with Crippen LogP contribution in [0.4, 0.5) is 0 Å². The Morgan fingerprint density at radius 1 is 0.159 bits per heavy atom. The van der Waals surface area contributed by atoms with Crippen LogP contribution in [0.15, 0.2) is 0 Å². The Kier molecular flexibility index (Phi) is 90.1. The number of hydrogen-bond donors (Lipinski definition) is 5. The summed E-state index contributed by atoms with van der Waals surface area (Å²) in [7, 11) is 0. The van der Waals surface area contributed by atoms with Crippen LogP contribution in [-0.2, 0) is 0 Å². The molecule has 5 saturated carbocycles. The van der Waals surface area contributed by atoms with Crippen LogP contribution in [0.1, 0.15) is 603 Å². The molecule has 132 heavy (non-hydrogen) atoms. The topological polar surface area (TPSA) is 60.1 Å². The molecule has 10 fully saturated rings. The van der Waals surface area contributed by atoms with Crippen molar-refractivity contribution in [1.82, 2.24) is 26.6 Å². The molecule has 0 spiro atoms. The maximum atomic E-state index is 3.67. The van der Waals surface area contributed by atoms with Gasteiger partial charge in [-0.3, -0.25) is 0 Å². The van der Waals surface area contributed by atoms with Gasteiger partial charge in [-0.2, -0.15) is 0 Å². The first-order valence-corrected chi connectivity index (χ1v) is 60.0. The van der Waals surface area contributed by atoms with Gasteiger partial charge in [-0.25, -0.2) is 0 Å². The molecule has 0 aromatic carbocycles. The van der Waals surface area contributed by atoms with Gasteiger partial charge in [0.05, 0.1) is 0 Å². The van der Waals surface area contributed by atoms with Crippen molar-refractivity contribution in [2.75, 3.05) is 52.4 Å². The largest absolute Gasteiger partial charge is 0.317 e. The Morgan fingerprint density at radius 2 is 0.379 bits per heavy atom. The summed E-state index contributed by atoms with van der Waals surface area (Å²) in [5, 5.41) is 17.5. The standard InChI is InChI=1S/C15H30.C12H24.C11H23N.C11H22.2C10H21N.2C10H20.2C9H19N.10C2H6/c1-13(2,3)15(14(4,5)6)11-9-7-8-10-12-15;1-10(2)12(11(3)4)8-6-5-7-9-12;1-9(2)11(10(3)4)5-7-12-8-6-11;1-9(2)11(10(3)4)7-5-6-8-11;1-8(2)10(9(3)4)5-6-11-7-10;1-8(2)10(9(3)4)6-5-7-11-10;1-8(2)10(6-7-10)9(3,4)5;1-8(2)10(9(3)4)6-5-7-10;1-7(2)9(8(3)4)5-10-6-9;1-7(2)9(8(3)4)5-6-10-9;10*1-2/h7-12H2,1-6H3;10-11H,5-9H2,1-4H3;9-10,12H,5-8H2,1-4H3;9-10H,5-8H2,1-4H3;2*8-9,11H,5-7H2,1-4H3;8H,6-7H2,1-5H3;8-9H,5-7H2,1-4H3;2*7-8,10H,5-6H2,1-4H3;10*1-2H3. The van der Waals surface area contributed by atoms with Crippen molar-refractivity contribution in [3.05, 3.63) is 0 Å². The molecule has 0 atom stereocenters. The molecule has 10 aliphatic rings. The van der Waals surface area contributed by atoms with Crippen molar-refractivity contribution < 1.29 is 0 Å². The molecule has 10 rings (SSSR count). The fraction of sp³-hybridized carbons (Fsp3) is 1.00. The Hall–Kier alpha value is -0.200. The van der Waals surface area contributed by atoms with Gasteiger partial charge < -0.3 is 26.6 Å². The van der Waals surface area contributed by atoms with Gasteiger partial charge in [-0.1, -0.05) is 500 Å². The lowest BCUT2D eigenvalue weighted by molar-refractivity contribution is -0.0462. The van der Waals surface area contributed by atoms with E-state index < -0.39 is 0 Å². The van der Waals surface area contributed by atoms with Crippen LogP contribution >= 0.6 is 0 Å². The lowest BCUT2D eigenvalue weighted by Gasteiger charge is -2.54.